The molecule has 0 N–H and O–H groups in total. The van der Waals surface area contributed by atoms with Gasteiger partial charge in [-0.1, -0.05) is 0 Å². The number of halogens is 1. The van der Waals surface area contributed by atoms with Gasteiger partial charge in [0.15, 0.2) is 10.5 Å². The van der Waals surface area contributed by atoms with E-state index in [0.717, 1.165) is 5.56 Å². The molecule has 0 spiro atoms. The minimum Gasteiger partial charge on any atom is -0.460 e. The molecule has 0 aliphatic heterocycles. The minimum atomic E-state index is -0.533. The number of carbonyl (C=O) groups excluding carboxylic acids is 1. The van der Waals surface area contributed by atoms with Crippen LogP contribution in [-0.2, 0) is 11.8 Å². The third-order valence-electron chi connectivity index (χ3n) is 2.08. The lowest BCUT2D eigenvalue weighted by molar-refractivity contribution is 0.0512. The maximum atomic E-state index is 11.5. The van der Waals surface area contributed by atoms with Gasteiger partial charge in [0.05, 0.1) is 18.4 Å². The number of nitrogens with zero attached hydrogens (tertiary/aromatic N) is 3. The summed E-state index contributed by atoms with van der Waals surface area (Å²) in [5.74, 6) is 0.0418. The molecule has 0 aliphatic rings. The van der Waals surface area contributed by atoms with Crippen molar-refractivity contribution in [2.45, 2.75) is 6.92 Å². The highest BCUT2D eigenvalue weighted by Gasteiger charge is 2.19. The summed E-state index contributed by atoms with van der Waals surface area (Å²) in [5.41, 5.74) is 0.732. The molecule has 2 aromatic heterocycles. The number of carbonyl (C=O) groups is 1. The average Bonchev–Trinajstić information content (AvgIpc) is 2.85. The van der Waals surface area contributed by atoms with Gasteiger partial charge < -0.3 is 9.15 Å². The Hall–Kier alpha value is -1.63. The van der Waals surface area contributed by atoms with Gasteiger partial charge in [0.2, 0.25) is 0 Å². The van der Waals surface area contributed by atoms with Crippen LogP contribution in [0.3, 0.4) is 0 Å². The van der Waals surface area contributed by atoms with Gasteiger partial charge in [-0.15, -0.1) is 5.10 Å². The van der Waals surface area contributed by atoms with E-state index in [0.29, 0.717) is 17.1 Å². The highest BCUT2D eigenvalue weighted by atomic mass is 79.9. The van der Waals surface area contributed by atoms with Crippen LogP contribution in [-0.4, -0.2) is 27.3 Å². The van der Waals surface area contributed by atoms with E-state index in [2.05, 4.69) is 26.0 Å². The molecular formula is C10H10BrN3O3. The Bertz CT molecular complexity index is 547. The fourth-order valence-corrected chi connectivity index (χ4v) is 1.77. The maximum absolute atomic E-state index is 11.5. The molecule has 0 aliphatic carbocycles. The third kappa shape index (κ3) is 2.23. The van der Waals surface area contributed by atoms with Crippen LogP contribution in [0, 0.1) is 0 Å². The number of hydrogen-bond donors (Lipinski definition) is 0. The molecule has 0 fully saturated rings. The van der Waals surface area contributed by atoms with Crippen LogP contribution in [0.5, 0.6) is 0 Å². The molecule has 0 bridgehead atoms. The zero-order chi connectivity index (χ0) is 12.4. The van der Waals surface area contributed by atoms with E-state index in [1.165, 1.54) is 10.9 Å². The molecule has 2 heterocycles. The second kappa shape index (κ2) is 4.70. The van der Waals surface area contributed by atoms with Crippen LogP contribution in [0.15, 0.2) is 21.4 Å². The normalized spacial score (nSPS) is 10.5. The Labute approximate surface area is 106 Å². The van der Waals surface area contributed by atoms with E-state index >= 15 is 0 Å². The lowest BCUT2D eigenvalue weighted by Crippen LogP contribution is -2.07. The summed E-state index contributed by atoms with van der Waals surface area (Å²) in [6, 6.07) is 1.74. The lowest BCUT2D eigenvalue weighted by Gasteiger charge is -1.94. The molecule has 0 aromatic carbocycles. The fourth-order valence-electron chi connectivity index (χ4n) is 1.35. The molecule has 6 nitrogen and oxygen atoms in total. The van der Waals surface area contributed by atoms with Crippen LogP contribution < -0.4 is 0 Å². The number of hydrogen-bond acceptors (Lipinski definition) is 5. The van der Waals surface area contributed by atoms with E-state index < -0.39 is 5.97 Å². The molecular weight excluding hydrogens is 290 g/mol. The van der Waals surface area contributed by atoms with Crippen LogP contribution >= 0.6 is 15.9 Å². The predicted molar refractivity (Wildman–Crippen MR) is 62.4 cm³/mol. The van der Waals surface area contributed by atoms with Crippen LogP contribution in [0.25, 0.3) is 11.4 Å². The lowest BCUT2D eigenvalue weighted by atomic mass is 10.3. The van der Waals surface area contributed by atoms with E-state index in [-0.39, 0.29) is 5.82 Å². The first-order chi connectivity index (χ1) is 8.13. The number of esters is 1. The summed E-state index contributed by atoms with van der Waals surface area (Å²) >= 11 is 3.25. The molecule has 17 heavy (non-hydrogen) atoms. The second-order valence-electron chi connectivity index (χ2n) is 3.21. The van der Waals surface area contributed by atoms with Crippen molar-refractivity contribution in [1.29, 1.82) is 0 Å². The molecule has 0 unspecified atom stereocenters. The van der Waals surface area contributed by atoms with Gasteiger partial charge in [-0.05, 0) is 28.9 Å². The van der Waals surface area contributed by atoms with Gasteiger partial charge in [0.25, 0.3) is 5.82 Å². The Morgan fingerprint density at radius 2 is 2.41 bits per heavy atom. The maximum Gasteiger partial charge on any atom is 0.378 e. The molecule has 0 saturated heterocycles. The Balaban J connectivity index is 2.38. The fraction of sp³-hybridized carbons (Fsp3) is 0.300. The third-order valence-corrected chi connectivity index (χ3v) is 2.69. The van der Waals surface area contributed by atoms with Gasteiger partial charge in [0, 0.05) is 7.05 Å². The van der Waals surface area contributed by atoms with Crippen molar-refractivity contribution in [3.8, 4) is 11.4 Å². The first kappa shape index (κ1) is 11.8. The average molecular weight is 300 g/mol. The summed E-state index contributed by atoms with van der Waals surface area (Å²) in [5, 5.41) is 3.99. The van der Waals surface area contributed by atoms with Gasteiger partial charge >= 0.3 is 5.97 Å². The summed E-state index contributed by atoms with van der Waals surface area (Å²) < 4.78 is 12.0. The van der Waals surface area contributed by atoms with Crippen molar-refractivity contribution in [2.75, 3.05) is 6.61 Å². The van der Waals surface area contributed by atoms with Crippen LogP contribution in [0.4, 0.5) is 0 Å². The molecule has 2 rings (SSSR count). The minimum absolute atomic E-state index is 0.0393. The number of rotatable bonds is 3. The monoisotopic (exact) mass is 299 g/mol. The second-order valence-corrected chi connectivity index (χ2v) is 3.93. The molecule has 7 heteroatoms. The molecule has 0 atom stereocenters. The van der Waals surface area contributed by atoms with Crippen molar-refractivity contribution < 1.29 is 13.9 Å². The Morgan fingerprint density at radius 3 is 3.00 bits per heavy atom. The number of aryl methyl sites for hydroxylation is 1. The van der Waals surface area contributed by atoms with Gasteiger partial charge in [-0.25, -0.2) is 14.5 Å². The molecule has 90 valence electrons. The van der Waals surface area contributed by atoms with Crippen molar-refractivity contribution in [2.24, 2.45) is 7.05 Å². The summed E-state index contributed by atoms with van der Waals surface area (Å²) in [6.07, 6.45) is 1.53. The zero-order valence-electron chi connectivity index (χ0n) is 9.31. The van der Waals surface area contributed by atoms with Crippen molar-refractivity contribution >= 4 is 21.9 Å². The van der Waals surface area contributed by atoms with Gasteiger partial charge in [-0.3, -0.25) is 0 Å². The molecule has 0 amide bonds. The predicted octanol–water partition coefficient (Wildman–Crippen LogP) is 2.01. The molecule has 0 saturated carbocycles. The zero-order valence-corrected chi connectivity index (χ0v) is 10.9. The summed E-state index contributed by atoms with van der Waals surface area (Å²) in [7, 11) is 1.70. The SMILES string of the molecule is CCOC(=O)c1nc(-c2ccoc2Br)n(C)n1. The molecule has 0 radical (unpaired) electrons. The van der Waals surface area contributed by atoms with Crippen LogP contribution in [0.1, 0.15) is 17.5 Å². The van der Waals surface area contributed by atoms with E-state index in [1.807, 2.05) is 0 Å². The highest BCUT2D eigenvalue weighted by molar-refractivity contribution is 9.10. The first-order valence-corrected chi connectivity index (χ1v) is 5.74. The standard InChI is InChI=1S/C10H10BrN3O3/c1-3-16-10(15)8-12-9(14(2)13-8)6-4-5-17-7(6)11/h4-5H,3H2,1-2H3. The van der Waals surface area contributed by atoms with Crippen molar-refractivity contribution in [3.63, 3.8) is 0 Å². The van der Waals surface area contributed by atoms with Crippen LogP contribution in [0.2, 0.25) is 0 Å². The van der Waals surface area contributed by atoms with E-state index in [9.17, 15) is 4.79 Å². The van der Waals surface area contributed by atoms with Crippen molar-refractivity contribution in [1.82, 2.24) is 14.8 Å². The Morgan fingerprint density at radius 1 is 1.65 bits per heavy atom. The van der Waals surface area contributed by atoms with Gasteiger partial charge in [-0.2, -0.15) is 0 Å². The summed E-state index contributed by atoms with van der Waals surface area (Å²) in [6.45, 7) is 2.02. The van der Waals surface area contributed by atoms with E-state index in [4.69, 9.17) is 9.15 Å². The first-order valence-electron chi connectivity index (χ1n) is 4.95. The van der Waals surface area contributed by atoms with Crippen molar-refractivity contribution in [3.05, 3.63) is 22.8 Å². The largest absolute Gasteiger partial charge is 0.460 e. The van der Waals surface area contributed by atoms with Gasteiger partial charge in [0.1, 0.15) is 0 Å². The summed E-state index contributed by atoms with van der Waals surface area (Å²) in [4.78, 5) is 15.6. The topological polar surface area (TPSA) is 70.2 Å². The number of furan rings is 1. The molecule has 2 aromatic rings. The van der Waals surface area contributed by atoms with E-state index in [1.54, 1.807) is 20.0 Å². The Kier molecular flexibility index (Phi) is 3.28. The number of aromatic nitrogens is 3. The smallest absolute Gasteiger partial charge is 0.378 e. The number of ether oxygens (including phenoxy) is 1. The quantitative estimate of drug-likeness (QED) is 0.811. The highest BCUT2D eigenvalue weighted by Crippen LogP contribution is 2.27.